The van der Waals surface area contributed by atoms with E-state index in [1.54, 1.807) is 73.7 Å². The van der Waals surface area contributed by atoms with Crippen molar-refractivity contribution < 1.29 is 40.6 Å². The Labute approximate surface area is 336 Å². The SMILES string of the molecule is Cc1cc(NC(=O)c2ccc(NC(=O)c3ccc(N)cc3)cc2)ccc1N=Nc1ccc2c(O)c(N=Nc3ccc4cc(S(=O)(=O)O)ccc4c3)c(S(=O)(=O)O)cc2c1. The van der Waals surface area contributed by atoms with Crippen LogP contribution in [0.4, 0.5) is 39.8 Å². The Kier molecular flexibility index (Phi) is 10.7. The van der Waals surface area contributed by atoms with Crippen LogP contribution in [0.25, 0.3) is 21.5 Å². The number of nitrogen functional groups attached to an aromatic ring is 1. The predicted octanol–water partition coefficient (Wildman–Crippen LogP) is 9.42. The summed E-state index contributed by atoms with van der Waals surface area (Å²) < 4.78 is 67.3. The number of carbonyl (C=O) groups is 2. The van der Waals surface area contributed by atoms with E-state index in [2.05, 4.69) is 31.1 Å². The van der Waals surface area contributed by atoms with E-state index in [0.29, 0.717) is 50.2 Å². The third-order valence-corrected chi connectivity index (χ3v) is 10.7. The third kappa shape index (κ3) is 9.11. The molecule has 0 saturated carbocycles. The van der Waals surface area contributed by atoms with Crippen LogP contribution in [0.3, 0.4) is 0 Å². The number of phenols is 1. The number of fused-ring (bicyclic) bond motifs is 2. The Hall–Kier alpha value is -7.38. The molecule has 0 heterocycles. The number of azo groups is 2. The van der Waals surface area contributed by atoms with Crippen LogP contribution in [0.1, 0.15) is 26.3 Å². The highest BCUT2D eigenvalue weighted by Gasteiger charge is 2.22. The average Bonchev–Trinajstić information content (AvgIpc) is 3.19. The summed E-state index contributed by atoms with van der Waals surface area (Å²) in [6.45, 7) is 1.77. The van der Waals surface area contributed by atoms with Crippen LogP contribution < -0.4 is 16.4 Å². The number of anilines is 3. The first-order valence-corrected chi connectivity index (χ1v) is 20.2. The fraction of sp³-hybridized carbons (Fsp3) is 0.0244. The molecule has 0 radical (unpaired) electrons. The maximum atomic E-state index is 13.0. The van der Waals surface area contributed by atoms with Crippen molar-refractivity contribution in [3.8, 4) is 5.75 Å². The van der Waals surface area contributed by atoms with E-state index in [9.17, 15) is 40.6 Å². The minimum absolute atomic E-state index is 0.176. The maximum Gasteiger partial charge on any atom is 0.296 e. The van der Waals surface area contributed by atoms with Gasteiger partial charge in [-0.05, 0) is 144 Å². The van der Waals surface area contributed by atoms with Crippen LogP contribution >= 0.6 is 0 Å². The van der Waals surface area contributed by atoms with Crippen molar-refractivity contribution in [2.45, 2.75) is 16.7 Å². The molecule has 0 saturated heterocycles. The number of aromatic hydroxyl groups is 1. The number of aryl methyl sites for hydroxylation is 1. The molecule has 0 aliphatic heterocycles. The molecule has 0 aliphatic carbocycles. The molecule has 7 rings (SSSR count). The Morgan fingerprint density at radius 1 is 0.576 bits per heavy atom. The molecule has 296 valence electrons. The molecule has 0 fully saturated rings. The summed E-state index contributed by atoms with van der Waals surface area (Å²) in [4.78, 5) is 24.5. The number of nitrogens with two attached hydrogens (primary N) is 1. The number of nitrogens with one attached hydrogen (secondary N) is 2. The Morgan fingerprint density at radius 3 is 1.78 bits per heavy atom. The molecule has 16 nitrogen and oxygen atoms in total. The Morgan fingerprint density at radius 2 is 1.14 bits per heavy atom. The number of nitrogens with zero attached hydrogens (tertiary/aromatic N) is 4. The topological polar surface area (TPSA) is 263 Å². The van der Waals surface area contributed by atoms with Crippen molar-refractivity contribution in [2.24, 2.45) is 20.5 Å². The fourth-order valence-electron chi connectivity index (χ4n) is 5.94. The largest absolute Gasteiger partial charge is 0.505 e. The van der Waals surface area contributed by atoms with Gasteiger partial charge in [-0.3, -0.25) is 18.7 Å². The standard InChI is InChI=1S/C41H31N7O9S2/c1-23-18-31(44-41(51)25-4-10-30(11-5-25)43-40(50)24-2-8-29(42)9-3-24)14-17-36(23)47-45-33-13-16-35-28(20-33)22-37(59(55,56)57)38(39(35)49)48-46-32-12-6-27-21-34(58(52,53)54)15-7-26(27)19-32/h2-22,49H,42H2,1H3,(H,43,50)(H,44,51)(H,52,53,54)(H,55,56,57). The number of benzene rings is 7. The second-order valence-corrected chi connectivity index (χ2v) is 15.9. The van der Waals surface area contributed by atoms with E-state index in [-0.39, 0.29) is 38.9 Å². The molecule has 7 N–H and O–H groups in total. The van der Waals surface area contributed by atoms with Crippen LogP contribution in [0.15, 0.2) is 158 Å². The van der Waals surface area contributed by atoms with Crippen molar-refractivity contribution in [1.82, 2.24) is 0 Å². The van der Waals surface area contributed by atoms with Crippen molar-refractivity contribution >= 4 is 93.4 Å². The lowest BCUT2D eigenvalue weighted by molar-refractivity contribution is 0.102. The highest BCUT2D eigenvalue weighted by molar-refractivity contribution is 7.86. The lowest BCUT2D eigenvalue weighted by atomic mass is 10.1. The van der Waals surface area contributed by atoms with Crippen LogP contribution in [0.2, 0.25) is 0 Å². The fourth-order valence-corrected chi connectivity index (χ4v) is 7.11. The van der Waals surface area contributed by atoms with Crippen molar-refractivity contribution in [2.75, 3.05) is 16.4 Å². The van der Waals surface area contributed by atoms with E-state index in [0.717, 1.165) is 6.07 Å². The molecule has 0 atom stereocenters. The first-order valence-electron chi connectivity index (χ1n) is 17.3. The molecule has 0 aliphatic rings. The zero-order valence-corrected chi connectivity index (χ0v) is 32.2. The normalized spacial score (nSPS) is 12.1. The average molecular weight is 830 g/mol. The van der Waals surface area contributed by atoms with Gasteiger partial charge in [0.05, 0.1) is 22.0 Å². The molecule has 0 spiro atoms. The van der Waals surface area contributed by atoms with Gasteiger partial charge in [0.25, 0.3) is 32.1 Å². The minimum atomic E-state index is -4.92. The van der Waals surface area contributed by atoms with Gasteiger partial charge >= 0.3 is 0 Å². The Bertz CT molecular complexity index is 3120. The first kappa shape index (κ1) is 39.8. The maximum absolute atomic E-state index is 13.0. The predicted molar refractivity (Wildman–Crippen MR) is 222 cm³/mol. The molecule has 0 unspecified atom stereocenters. The van der Waals surface area contributed by atoms with E-state index >= 15 is 0 Å². The van der Waals surface area contributed by atoms with Crippen LogP contribution in [-0.2, 0) is 20.2 Å². The van der Waals surface area contributed by atoms with Crippen molar-refractivity contribution in [3.63, 3.8) is 0 Å². The molecular formula is C41H31N7O9S2. The van der Waals surface area contributed by atoms with E-state index in [4.69, 9.17) is 5.73 Å². The summed E-state index contributed by atoms with van der Waals surface area (Å²) in [5, 5.41) is 34.6. The molecular weight excluding hydrogens is 799 g/mol. The van der Waals surface area contributed by atoms with Gasteiger partial charge in [-0.2, -0.15) is 32.2 Å². The molecule has 59 heavy (non-hydrogen) atoms. The summed E-state index contributed by atoms with van der Waals surface area (Å²) in [7, 11) is -9.34. The third-order valence-electron chi connectivity index (χ3n) is 8.98. The quantitative estimate of drug-likeness (QED) is 0.0432. The lowest BCUT2D eigenvalue weighted by Gasteiger charge is -2.10. The van der Waals surface area contributed by atoms with Crippen LogP contribution in [-0.4, -0.2) is 42.9 Å². The molecule has 0 bridgehead atoms. The van der Waals surface area contributed by atoms with Gasteiger partial charge in [-0.15, -0.1) is 5.11 Å². The second kappa shape index (κ2) is 15.9. The number of hydrogen-bond donors (Lipinski definition) is 6. The van der Waals surface area contributed by atoms with Gasteiger partial charge < -0.3 is 21.5 Å². The molecule has 18 heteroatoms. The van der Waals surface area contributed by atoms with Crippen LogP contribution in [0.5, 0.6) is 5.75 Å². The van der Waals surface area contributed by atoms with Gasteiger partial charge in [0.1, 0.15) is 10.6 Å². The van der Waals surface area contributed by atoms with Gasteiger partial charge in [-0.25, -0.2) is 0 Å². The lowest BCUT2D eigenvalue weighted by Crippen LogP contribution is -2.13. The Balaban J connectivity index is 1.05. The molecule has 2 amide bonds. The highest BCUT2D eigenvalue weighted by atomic mass is 32.2. The van der Waals surface area contributed by atoms with Gasteiger partial charge in [0.2, 0.25) is 0 Å². The number of carbonyl (C=O) groups excluding carboxylic acids is 2. The minimum Gasteiger partial charge on any atom is -0.505 e. The van der Waals surface area contributed by atoms with Gasteiger partial charge in [-0.1, -0.05) is 12.1 Å². The summed E-state index contributed by atoms with van der Waals surface area (Å²) in [6.07, 6.45) is 0. The number of phenolic OH excluding ortho intramolecular Hbond substituents is 1. The van der Waals surface area contributed by atoms with Crippen molar-refractivity contribution in [1.29, 1.82) is 0 Å². The zero-order chi connectivity index (χ0) is 42.1. The molecule has 7 aromatic carbocycles. The van der Waals surface area contributed by atoms with Crippen LogP contribution in [0, 0.1) is 6.92 Å². The number of hydrogen-bond acceptors (Lipinski definition) is 12. The number of amides is 2. The summed E-state index contributed by atoms with van der Waals surface area (Å²) in [5.74, 6) is -1.27. The first-order chi connectivity index (χ1) is 28.0. The molecule has 0 aromatic heterocycles. The summed E-state index contributed by atoms with van der Waals surface area (Å²) in [5.41, 5.74) is 9.13. The van der Waals surface area contributed by atoms with Gasteiger partial charge in [0, 0.05) is 33.6 Å². The van der Waals surface area contributed by atoms with Crippen molar-refractivity contribution in [3.05, 3.63) is 144 Å². The monoisotopic (exact) mass is 829 g/mol. The van der Waals surface area contributed by atoms with Gasteiger partial charge in [0.15, 0.2) is 5.75 Å². The smallest absolute Gasteiger partial charge is 0.296 e. The number of rotatable bonds is 10. The highest BCUT2D eigenvalue weighted by Crippen LogP contribution is 2.42. The van der Waals surface area contributed by atoms with E-state index in [1.807, 2.05) is 0 Å². The second-order valence-electron chi connectivity index (χ2n) is 13.1. The summed E-state index contributed by atoms with van der Waals surface area (Å²) in [6, 6.07) is 31.9. The van der Waals surface area contributed by atoms with E-state index < -0.39 is 36.6 Å². The zero-order valence-electron chi connectivity index (χ0n) is 30.6. The van der Waals surface area contributed by atoms with E-state index in [1.165, 1.54) is 54.6 Å². The molecule has 7 aromatic rings. The summed E-state index contributed by atoms with van der Waals surface area (Å²) >= 11 is 0.